The molecule has 100 valence electrons. The molecular weight excluding hydrogens is 314 g/mol. The van der Waals surface area contributed by atoms with Crippen molar-refractivity contribution < 1.29 is 4.79 Å². The second-order valence-electron chi connectivity index (χ2n) is 4.77. The highest BCUT2D eigenvalue weighted by molar-refractivity contribution is 9.10. The molecule has 0 saturated carbocycles. The van der Waals surface area contributed by atoms with Crippen LogP contribution in [0.25, 0.3) is 0 Å². The molecule has 0 aromatic heterocycles. The van der Waals surface area contributed by atoms with Crippen molar-refractivity contribution in [3.05, 3.63) is 33.8 Å². The van der Waals surface area contributed by atoms with E-state index < -0.39 is 0 Å². The number of carbonyl (C=O) groups is 1. The number of carbonyl (C=O) groups excluding carboxylic acids is 1. The lowest BCUT2D eigenvalue weighted by atomic mass is 9.95. The summed E-state index contributed by atoms with van der Waals surface area (Å²) in [4.78, 5) is 12.2. The molecule has 0 aliphatic heterocycles. The molecule has 1 N–H and O–H groups in total. The van der Waals surface area contributed by atoms with Gasteiger partial charge in [-0.1, -0.05) is 22.9 Å². The number of alkyl halides is 1. The first-order chi connectivity index (χ1) is 8.41. The molecule has 0 aliphatic rings. The highest BCUT2D eigenvalue weighted by atomic mass is 79.9. The van der Waals surface area contributed by atoms with Crippen molar-refractivity contribution in [3.8, 4) is 0 Å². The third kappa shape index (κ3) is 3.99. The Hall–Kier alpha value is -0.540. The number of benzene rings is 1. The van der Waals surface area contributed by atoms with Crippen LogP contribution in [0.3, 0.4) is 0 Å². The van der Waals surface area contributed by atoms with E-state index in [4.69, 9.17) is 11.6 Å². The molecule has 1 amide bonds. The number of rotatable bonds is 5. The smallest absolute Gasteiger partial charge is 0.251 e. The maximum Gasteiger partial charge on any atom is 0.251 e. The molecule has 0 radical (unpaired) electrons. The van der Waals surface area contributed by atoms with E-state index in [-0.39, 0.29) is 11.4 Å². The summed E-state index contributed by atoms with van der Waals surface area (Å²) in [6, 6.07) is 5.61. The SMILES string of the molecule is CCC(C)(CCCl)NC(=O)c1ccc(Br)c(C)c1. The molecule has 0 heterocycles. The van der Waals surface area contributed by atoms with Crippen LogP contribution in [0, 0.1) is 6.92 Å². The van der Waals surface area contributed by atoms with Crippen LogP contribution >= 0.6 is 27.5 Å². The van der Waals surface area contributed by atoms with Gasteiger partial charge in [0, 0.05) is 21.5 Å². The Morgan fingerprint density at radius 3 is 2.67 bits per heavy atom. The van der Waals surface area contributed by atoms with Gasteiger partial charge in [-0.15, -0.1) is 11.6 Å². The van der Waals surface area contributed by atoms with E-state index in [0.29, 0.717) is 11.4 Å². The molecule has 0 fully saturated rings. The lowest BCUT2D eigenvalue weighted by Crippen LogP contribution is -2.45. The zero-order valence-electron chi connectivity index (χ0n) is 11.0. The number of hydrogen-bond acceptors (Lipinski definition) is 1. The van der Waals surface area contributed by atoms with Crippen LogP contribution in [-0.4, -0.2) is 17.3 Å². The van der Waals surface area contributed by atoms with Gasteiger partial charge in [-0.2, -0.15) is 0 Å². The molecule has 2 nitrogen and oxygen atoms in total. The van der Waals surface area contributed by atoms with Crippen molar-refractivity contribution in [2.24, 2.45) is 0 Å². The maximum absolute atomic E-state index is 12.2. The van der Waals surface area contributed by atoms with Crippen LogP contribution in [-0.2, 0) is 0 Å². The minimum Gasteiger partial charge on any atom is -0.347 e. The molecule has 0 spiro atoms. The first kappa shape index (κ1) is 15.5. The third-order valence-corrected chi connectivity index (χ3v) is 4.34. The second-order valence-corrected chi connectivity index (χ2v) is 6.00. The van der Waals surface area contributed by atoms with E-state index in [2.05, 4.69) is 28.2 Å². The van der Waals surface area contributed by atoms with Crippen molar-refractivity contribution in [2.45, 2.75) is 39.2 Å². The second kappa shape index (κ2) is 6.58. The van der Waals surface area contributed by atoms with Gasteiger partial charge in [0.1, 0.15) is 0 Å². The average Bonchev–Trinajstić information content (AvgIpc) is 2.32. The largest absolute Gasteiger partial charge is 0.347 e. The summed E-state index contributed by atoms with van der Waals surface area (Å²) >= 11 is 9.21. The first-order valence-electron chi connectivity index (χ1n) is 6.06. The molecule has 18 heavy (non-hydrogen) atoms. The summed E-state index contributed by atoms with van der Waals surface area (Å²) in [5, 5.41) is 3.07. The van der Waals surface area contributed by atoms with Gasteiger partial charge in [0.2, 0.25) is 0 Å². The van der Waals surface area contributed by atoms with Crippen molar-refractivity contribution in [3.63, 3.8) is 0 Å². The van der Waals surface area contributed by atoms with Crippen LogP contribution in [0.5, 0.6) is 0 Å². The normalized spacial score (nSPS) is 14.1. The lowest BCUT2D eigenvalue weighted by Gasteiger charge is -2.29. The van der Waals surface area contributed by atoms with Gasteiger partial charge in [-0.3, -0.25) is 4.79 Å². The van der Waals surface area contributed by atoms with Gasteiger partial charge in [-0.25, -0.2) is 0 Å². The molecule has 0 aliphatic carbocycles. The summed E-state index contributed by atoms with van der Waals surface area (Å²) in [6.07, 6.45) is 1.63. The van der Waals surface area contributed by atoms with Crippen molar-refractivity contribution in [1.29, 1.82) is 0 Å². The van der Waals surface area contributed by atoms with E-state index in [1.54, 1.807) is 0 Å². The number of amides is 1. The standard InChI is InChI=1S/C14H19BrClNO/c1-4-14(3,7-8-16)17-13(18)11-5-6-12(15)10(2)9-11/h5-6,9H,4,7-8H2,1-3H3,(H,17,18). The summed E-state index contributed by atoms with van der Waals surface area (Å²) in [7, 11) is 0. The van der Waals surface area contributed by atoms with E-state index in [0.717, 1.165) is 22.9 Å². The zero-order valence-corrected chi connectivity index (χ0v) is 13.4. The topological polar surface area (TPSA) is 29.1 Å². The fourth-order valence-electron chi connectivity index (χ4n) is 1.67. The van der Waals surface area contributed by atoms with E-state index >= 15 is 0 Å². The number of halogens is 2. The molecule has 1 rings (SSSR count). The van der Waals surface area contributed by atoms with Crippen LogP contribution in [0.15, 0.2) is 22.7 Å². The highest BCUT2D eigenvalue weighted by Crippen LogP contribution is 2.19. The van der Waals surface area contributed by atoms with Crippen LogP contribution in [0.1, 0.15) is 42.6 Å². The summed E-state index contributed by atoms with van der Waals surface area (Å²) < 4.78 is 1.01. The molecule has 4 heteroatoms. The number of aryl methyl sites for hydroxylation is 1. The van der Waals surface area contributed by atoms with E-state index in [1.165, 1.54) is 0 Å². The van der Waals surface area contributed by atoms with Gasteiger partial charge in [0.05, 0.1) is 0 Å². The van der Waals surface area contributed by atoms with E-state index in [9.17, 15) is 4.79 Å². The third-order valence-electron chi connectivity index (χ3n) is 3.26. The first-order valence-corrected chi connectivity index (χ1v) is 7.39. The molecule has 1 aromatic rings. The fourth-order valence-corrected chi connectivity index (χ4v) is 2.33. The van der Waals surface area contributed by atoms with Crippen LogP contribution < -0.4 is 5.32 Å². The van der Waals surface area contributed by atoms with Crippen LogP contribution in [0.4, 0.5) is 0 Å². The molecule has 0 bridgehead atoms. The fraction of sp³-hybridized carbons (Fsp3) is 0.500. The van der Waals surface area contributed by atoms with Gasteiger partial charge in [-0.05, 0) is 50.5 Å². The van der Waals surface area contributed by atoms with Gasteiger partial charge in [0.15, 0.2) is 0 Å². The summed E-state index contributed by atoms with van der Waals surface area (Å²) in [6.45, 7) is 6.05. The van der Waals surface area contributed by atoms with Crippen LogP contribution in [0.2, 0.25) is 0 Å². The Balaban J connectivity index is 2.84. The minimum atomic E-state index is -0.236. The maximum atomic E-state index is 12.2. The Labute approximate surface area is 122 Å². The Morgan fingerprint density at radius 1 is 1.50 bits per heavy atom. The molecule has 0 saturated heterocycles. The average molecular weight is 333 g/mol. The lowest BCUT2D eigenvalue weighted by molar-refractivity contribution is 0.0901. The molecule has 1 aromatic carbocycles. The Kier molecular flexibility index (Phi) is 5.67. The summed E-state index contributed by atoms with van der Waals surface area (Å²) in [5.74, 6) is 0.504. The number of nitrogens with one attached hydrogen (secondary N) is 1. The molecular formula is C14H19BrClNO. The Morgan fingerprint density at radius 2 is 2.17 bits per heavy atom. The predicted molar refractivity (Wildman–Crippen MR) is 80.4 cm³/mol. The molecule has 1 unspecified atom stereocenters. The predicted octanol–water partition coefficient (Wildman–Crippen LogP) is 4.28. The summed E-state index contributed by atoms with van der Waals surface area (Å²) in [5.41, 5.74) is 1.50. The van der Waals surface area contributed by atoms with Gasteiger partial charge >= 0.3 is 0 Å². The van der Waals surface area contributed by atoms with Crippen molar-refractivity contribution in [2.75, 3.05) is 5.88 Å². The quantitative estimate of drug-likeness (QED) is 0.801. The monoisotopic (exact) mass is 331 g/mol. The van der Waals surface area contributed by atoms with Crippen molar-refractivity contribution >= 4 is 33.4 Å². The van der Waals surface area contributed by atoms with Gasteiger partial charge in [0.25, 0.3) is 5.91 Å². The van der Waals surface area contributed by atoms with E-state index in [1.807, 2.05) is 32.0 Å². The Bertz CT molecular complexity index is 436. The highest BCUT2D eigenvalue weighted by Gasteiger charge is 2.24. The van der Waals surface area contributed by atoms with Gasteiger partial charge < -0.3 is 5.32 Å². The zero-order chi connectivity index (χ0) is 13.8. The van der Waals surface area contributed by atoms with Crippen molar-refractivity contribution in [1.82, 2.24) is 5.32 Å². The minimum absolute atomic E-state index is 0.0416. The molecule has 1 atom stereocenters. The number of hydrogen-bond donors (Lipinski definition) is 1.